The number of carbonyl (C=O) groups is 1. The standard InChI is InChI=1S/C20H19N5O/c26-20(14-15-6-8-16(9-7-15)25-13-3-11-22-25)21-12-10-19-23-17-4-1-2-5-18(17)24-19/h1-9,11,13H,10,12,14H2,(H,21,26)(H,23,24). The third-order valence-electron chi connectivity index (χ3n) is 4.19. The van der Waals surface area contributed by atoms with Crippen molar-refractivity contribution in [2.24, 2.45) is 0 Å². The summed E-state index contributed by atoms with van der Waals surface area (Å²) in [6.45, 7) is 0.560. The zero-order valence-electron chi connectivity index (χ0n) is 14.2. The number of amides is 1. The average molecular weight is 345 g/mol. The van der Waals surface area contributed by atoms with Gasteiger partial charge in [0, 0.05) is 25.4 Å². The highest BCUT2D eigenvalue weighted by atomic mass is 16.1. The van der Waals surface area contributed by atoms with Crippen molar-refractivity contribution in [3.05, 3.63) is 78.4 Å². The Bertz CT molecular complexity index is 969. The molecule has 0 unspecified atom stereocenters. The van der Waals surface area contributed by atoms with E-state index in [2.05, 4.69) is 20.4 Å². The Morgan fingerprint density at radius 3 is 2.69 bits per heavy atom. The van der Waals surface area contributed by atoms with Gasteiger partial charge in [-0.15, -0.1) is 0 Å². The van der Waals surface area contributed by atoms with Gasteiger partial charge in [-0.25, -0.2) is 9.67 Å². The van der Waals surface area contributed by atoms with Gasteiger partial charge in [-0.2, -0.15) is 5.10 Å². The van der Waals surface area contributed by atoms with E-state index in [1.807, 2.05) is 60.8 Å². The van der Waals surface area contributed by atoms with Gasteiger partial charge < -0.3 is 10.3 Å². The highest BCUT2D eigenvalue weighted by Gasteiger charge is 2.06. The van der Waals surface area contributed by atoms with Gasteiger partial charge in [0.25, 0.3) is 0 Å². The molecule has 0 saturated carbocycles. The predicted molar refractivity (Wildman–Crippen MR) is 100 cm³/mol. The van der Waals surface area contributed by atoms with Crippen molar-refractivity contribution in [3.8, 4) is 5.69 Å². The van der Waals surface area contributed by atoms with Gasteiger partial charge in [-0.3, -0.25) is 4.79 Å². The lowest BCUT2D eigenvalue weighted by Crippen LogP contribution is -2.27. The number of hydrogen-bond acceptors (Lipinski definition) is 3. The molecular weight excluding hydrogens is 326 g/mol. The van der Waals surface area contributed by atoms with Crippen molar-refractivity contribution in [1.29, 1.82) is 0 Å². The van der Waals surface area contributed by atoms with Crippen LogP contribution in [-0.4, -0.2) is 32.2 Å². The minimum atomic E-state index is 0.00736. The van der Waals surface area contributed by atoms with Crippen LogP contribution >= 0.6 is 0 Å². The fraction of sp³-hybridized carbons (Fsp3) is 0.150. The molecule has 2 aromatic heterocycles. The Labute approximate surface area is 150 Å². The smallest absolute Gasteiger partial charge is 0.224 e. The third kappa shape index (κ3) is 3.64. The van der Waals surface area contributed by atoms with E-state index in [1.54, 1.807) is 10.9 Å². The van der Waals surface area contributed by atoms with Crippen molar-refractivity contribution in [2.75, 3.05) is 6.54 Å². The maximum absolute atomic E-state index is 12.1. The summed E-state index contributed by atoms with van der Waals surface area (Å²) in [5.74, 6) is 0.892. The van der Waals surface area contributed by atoms with E-state index in [1.165, 1.54) is 0 Å². The molecule has 0 fully saturated rings. The van der Waals surface area contributed by atoms with Crippen LogP contribution < -0.4 is 5.32 Å². The lowest BCUT2D eigenvalue weighted by atomic mass is 10.1. The molecule has 130 valence electrons. The molecule has 0 radical (unpaired) electrons. The Morgan fingerprint density at radius 1 is 1.08 bits per heavy atom. The van der Waals surface area contributed by atoms with Crippen LogP contribution in [-0.2, 0) is 17.6 Å². The Morgan fingerprint density at radius 2 is 1.92 bits per heavy atom. The van der Waals surface area contributed by atoms with Crippen LogP contribution in [0.2, 0.25) is 0 Å². The molecule has 0 aliphatic carbocycles. The van der Waals surface area contributed by atoms with Gasteiger partial charge >= 0.3 is 0 Å². The lowest BCUT2D eigenvalue weighted by Gasteiger charge is -2.06. The van der Waals surface area contributed by atoms with E-state index in [-0.39, 0.29) is 5.91 Å². The van der Waals surface area contributed by atoms with Crippen molar-refractivity contribution in [3.63, 3.8) is 0 Å². The Balaban J connectivity index is 1.28. The van der Waals surface area contributed by atoms with Gasteiger partial charge in [0.05, 0.1) is 23.1 Å². The minimum Gasteiger partial charge on any atom is -0.355 e. The number of aromatic amines is 1. The van der Waals surface area contributed by atoms with Gasteiger partial charge in [0.15, 0.2) is 0 Å². The quantitative estimate of drug-likeness (QED) is 0.564. The van der Waals surface area contributed by atoms with E-state index in [0.717, 1.165) is 28.1 Å². The van der Waals surface area contributed by atoms with Crippen LogP contribution in [0.1, 0.15) is 11.4 Å². The van der Waals surface area contributed by atoms with E-state index in [4.69, 9.17) is 0 Å². The van der Waals surface area contributed by atoms with Crippen LogP contribution in [0.25, 0.3) is 16.7 Å². The molecule has 2 heterocycles. The molecule has 2 N–H and O–H groups in total. The molecule has 1 amide bonds. The summed E-state index contributed by atoms with van der Waals surface area (Å²) in [5, 5.41) is 7.14. The highest BCUT2D eigenvalue weighted by molar-refractivity contribution is 5.78. The normalized spacial score (nSPS) is 10.9. The zero-order valence-corrected chi connectivity index (χ0v) is 14.2. The maximum atomic E-state index is 12.1. The van der Waals surface area contributed by atoms with Crippen molar-refractivity contribution in [1.82, 2.24) is 25.1 Å². The molecule has 0 aliphatic rings. The molecular formula is C20H19N5O. The molecule has 0 saturated heterocycles. The fourth-order valence-corrected chi connectivity index (χ4v) is 2.88. The average Bonchev–Trinajstić information content (AvgIpc) is 3.32. The number of aromatic nitrogens is 4. The topological polar surface area (TPSA) is 75.6 Å². The number of rotatable bonds is 6. The summed E-state index contributed by atoms with van der Waals surface area (Å²) in [5.41, 5.74) is 3.92. The molecule has 0 atom stereocenters. The number of hydrogen-bond donors (Lipinski definition) is 2. The first-order valence-corrected chi connectivity index (χ1v) is 8.57. The van der Waals surface area contributed by atoms with E-state index < -0.39 is 0 Å². The second kappa shape index (κ2) is 7.23. The molecule has 0 spiro atoms. The molecule has 4 rings (SSSR count). The zero-order chi connectivity index (χ0) is 17.8. The minimum absolute atomic E-state index is 0.00736. The van der Waals surface area contributed by atoms with Crippen LogP contribution in [0.15, 0.2) is 67.0 Å². The van der Waals surface area contributed by atoms with Crippen LogP contribution in [0.4, 0.5) is 0 Å². The number of fused-ring (bicyclic) bond motifs is 1. The number of H-pyrrole nitrogens is 1. The number of nitrogens with zero attached hydrogens (tertiary/aromatic N) is 3. The van der Waals surface area contributed by atoms with Gasteiger partial charge in [-0.05, 0) is 35.9 Å². The van der Waals surface area contributed by atoms with Gasteiger partial charge in [0.1, 0.15) is 5.82 Å². The summed E-state index contributed by atoms with van der Waals surface area (Å²) in [4.78, 5) is 19.9. The number of carbonyl (C=O) groups excluding carboxylic acids is 1. The molecule has 0 bridgehead atoms. The number of nitrogens with one attached hydrogen (secondary N) is 2. The number of benzene rings is 2. The lowest BCUT2D eigenvalue weighted by molar-refractivity contribution is -0.120. The molecule has 0 aliphatic heterocycles. The maximum Gasteiger partial charge on any atom is 0.224 e. The predicted octanol–water partition coefficient (Wildman–Crippen LogP) is 2.65. The van der Waals surface area contributed by atoms with Crippen LogP contribution in [0.5, 0.6) is 0 Å². The summed E-state index contributed by atoms with van der Waals surface area (Å²) < 4.78 is 1.79. The summed E-state index contributed by atoms with van der Waals surface area (Å²) in [7, 11) is 0. The van der Waals surface area contributed by atoms with Gasteiger partial charge in [-0.1, -0.05) is 24.3 Å². The van der Waals surface area contributed by atoms with E-state index in [9.17, 15) is 4.79 Å². The summed E-state index contributed by atoms with van der Waals surface area (Å²) in [6.07, 6.45) is 4.67. The fourth-order valence-electron chi connectivity index (χ4n) is 2.88. The van der Waals surface area contributed by atoms with E-state index in [0.29, 0.717) is 19.4 Å². The van der Waals surface area contributed by atoms with Crippen LogP contribution in [0.3, 0.4) is 0 Å². The number of imidazole rings is 1. The first-order chi connectivity index (χ1) is 12.8. The van der Waals surface area contributed by atoms with Gasteiger partial charge in [0.2, 0.25) is 5.91 Å². The van der Waals surface area contributed by atoms with Crippen molar-refractivity contribution < 1.29 is 4.79 Å². The molecule has 6 heteroatoms. The van der Waals surface area contributed by atoms with Crippen molar-refractivity contribution >= 4 is 16.9 Å². The second-order valence-corrected chi connectivity index (χ2v) is 6.09. The summed E-state index contributed by atoms with van der Waals surface area (Å²) >= 11 is 0. The second-order valence-electron chi connectivity index (χ2n) is 6.09. The molecule has 2 aromatic carbocycles. The molecule has 6 nitrogen and oxygen atoms in total. The van der Waals surface area contributed by atoms with Crippen LogP contribution in [0, 0.1) is 0 Å². The van der Waals surface area contributed by atoms with Crippen molar-refractivity contribution in [2.45, 2.75) is 12.8 Å². The summed E-state index contributed by atoms with van der Waals surface area (Å²) in [6, 6.07) is 17.6. The Hall–Kier alpha value is -3.41. The third-order valence-corrected chi connectivity index (χ3v) is 4.19. The number of para-hydroxylation sites is 2. The highest BCUT2D eigenvalue weighted by Crippen LogP contribution is 2.11. The SMILES string of the molecule is O=C(Cc1ccc(-n2cccn2)cc1)NCCc1nc2ccccc2[nH]1. The van der Waals surface area contributed by atoms with E-state index >= 15 is 0 Å². The molecule has 26 heavy (non-hydrogen) atoms. The molecule has 4 aromatic rings. The monoisotopic (exact) mass is 345 g/mol. The first-order valence-electron chi connectivity index (χ1n) is 8.57. The first kappa shape index (κ1) is 16.1. The Kier molecular flexibility index (Phi) is 4.47. The largest absolute Gasteiger partial charge is 0.355 e.